The number of phenols is 1. The fourth-order valence-electron chi connectivity index (χ4n) is 0.745. The molecule has 0 spiro atoms. The number of rotatable bonds is 2. The minimum atomic E-state index is 0.167. The number of benzene rings is 1. The molecule has 67 valence electrons. The number of nitrogens with zero attached hydrogens (tertiary/aromatic N) is 2. The van der Waals surface area contributed by atoms with Crippen LogP contribution in [0.15, 0.2) is 34.5 Å². The molecule has 0 aliphatic carbocycles. The molecule has 0 aliphatic heterocycles. The van der Waals surface area contributed by atoms with E-state index >= 15 is 0 Å². The van der Waals surface area contributed by atoms with Crippen molar-refractivity contribution in [2.24, 2.45) is 15.9 Å². The third kappa shape index (κ3) is 3.27. The Kier molecular flexibility index (Phi) is 3.49. The maximum absolute atomic E-state index is 9.30. The van der Waals surface area contributed by atoms with Crippen LogP contribution in [0.3, 0.4) is 0 Å². The van der Waals surface area contributed by atoms with Gasteiger partial charge in [0.2, 0.25) is 0 Å². The molecule has 0 bridgehead atoms. The van der Waals surface area contributed by atoms with Gasteiger partial charge in [-0.1, -0.05) is 0 Å². The molecular formula is C8H8N3OSe. The van der Waals surface area contributed by atoms with E-state index in [2.05, 4.69) is 26.2 Å². The number of phenolic OH excluding ortho intramolecular Hbond substituents is 1. The average molecular weight is 241 g/mol. The van der Waals surface area contributed by atoms with Gasteiger partial charge in [-0.15, -0.1) is 0 Å². The van der Waals surface area contributed by atoms with E-state index in [1.54, 1.807) is 24.3 Å². The molecule has 4 nitrogen and oxygen atoms in total. The van der Waals surface area contributed by atoms with Gasteiger partial charge in [0.05, 0.1) is 0 Å². The second kappa shape index (κ2) is 4.64. The van der Waals surface area contributed by atoms with Crippen molar-refractivity contribution in [2.75, 3.05) is 0 Å². The van der Waals surface area contributed by atoms with Crippen LogP contribution < -0.4 is 5.73 Å². The van der Waals surface area contributed by atoms with Gasteiger partial charge in [0.25, 0.3) is 0 Å². The molecule has 5 heteroatoms. The summed E-state index contributed by atoms with van der Waals surface area (Å²) in [4.78, 5) is 0. The second-order valence-electron chi connectivity index (χ2n) is 2.24. The summed E-state index contributed by atoms with van der Waals surface area (Å²) < 4.78 is 0.256. The van der Waals surface area contributed by atoms with Crippen molar-refractivity contribution in [3.05, 3.63) is 29.8 Å². The quantitative estimate of drug-likeness (QED) is 0.336. The number of para-hydroxylation sites is 1. The van der Waals surface area contributed by atoms with Crippen LogP contribution in [-0.4, -0.2) is 32.1 Å². The standard InChI is InChI=1S/C8H8N3OSe/c9-8(13)11-10-5-6-3-1-2-4-7(6)12/h1-5,12H,(H2,9,11)/b10-5+. The SMILES string of the molecule is N/C([Se])=N/N=C/c1ccccc1O. The molecule has 0 fully saturated rings. The molecule has 0 unspecified atom stereocenters. The fourth-order valence-corrected chi connectivity index (χ4v) is 0.844. The van der Waals surface area contributed by atoms with Crippen molar-refractivity contribution in [3.8, 4) is 5.75 Å². The molecule has 0 saturated carbocycles. The molecule has 13 heavy (non-hydrogen) atoms. The predicted octanol–water partition coefficient (Wildman–Crippen LogP) is 0.209. The Labute approximate surface area is 84.0 Å². The van der Waals surface area contributed by atoms with Gasteiger partial charge in [0.15, 0.2) is 0 Å². The number of hydrogen-bond donors (Lipinski definition) is 2. The Morgan fingerprint density at radius 3 is 2.77 bits per heavy atom. The first-order valence-corrected chi connectivity index (χ1v) is 4.37. The number of amidine groups is 1. The van der Waals surface area contributed by atoms with Gasteiger partial charge >= 0.3 is 83.6 Å². The summed E-state index contributed by atoms with van der Waals surface area (Å²) in [5, 5.41) is 16.5. The minimum absolute atomic E-state index is 0.167. The molecular weight excluding hydrogens is 233 g/mol. The van der Waals surface area contributed by atoms with E-state index in [4.69, 9.17) is 5.73 Å². The number of hydrogen-bond acceptors (Lipinski definition) is 3. The van der Waals surface area contributed by atoms with Gasteiger partial charge in [0.1, 0.15) is 0 Å². The molecule has 3 N–H and O–H groups in total. The Balaban J connectivity index is 2.80. The van der Waals surface area contributed by atoms with Crippen molar-refractivity contribution in [1.29, 1.82) is 0 Å². The van der Waals surface area contributed by atoms with Gasteiger partial charge in [0, 0.05) is 0 Å². The third-order valence-electron chi connectivity index (χ3n) is 1.29. The van der Waals surface area contributed by atoms with E-state index < -0.39 is 0 Å². The first kappa shape index (κ1) is 9.77. The first-order valence-electron chi connectivity index (χ1n) is 3.51. The number of nitrogens with two attached hydrogens (primary N) is 1. The zero-order valence-electron chi connectivity index (χ0n) is 6.71. The molecule has 0 atom stereocenters. The van der Waals surface area contributed by atoms with E-state index in [1.807, 2.05) is 0 Å². The third-order valence-corrected chi connectivity index (χ3v) is 1.46. The zero-order valence-corrected chi connectivity index (χ0v) is 8.43. The zero-order chi connectivity index (χ0) is 9.68. The van der Waals surface area contributed by atoms with Gasteiger partial charge in [-0.2, -0.15) is 0 Å². The molecule has 0 aromatic heterocycles. The van der Waals surface area contributed by atoms with E-state index in [-0.39, 0.29) is 10.5 Å². The Hall–Kier alpha value is -1.32. The Morgan fingerprint density at radius 1 is 1.46 bits per heavy atom. The van der Waals surface area contributed by atoms with Crippen molar-refractivity contribution < 1.29 is 5.11 Å². The molecule has 1 aromatic rings. The van der Waals surface area contributed by atoms with E-state index in [0.29, 0.717) is 5.56 Å². The molecule has 0 saturated heterocycles. The Bertz CT molecular complexity index is 345. The molecule has 1 aromatic carbocycles. The fraction of sp³-hybridized carbons (Fsp3) is 0. The van der Waals surface area contributed by atoms with E-state index in [9.17, 15) is 5.11 Å². The van der Waals surface area contributed by atoms with E-state index in [1.165, 1.54) is 6.21 Å². The summed E-state index contributed by atoms with van der Waals surface area (Å²) in [7, 11) is 0. The summed E-state index contributed by atoms with van der Waals surface area (Å²) in [5.74, 6) is 0.167. The summed E-state index contributed by atoms with van der Waals surface area (Å²) in [5.41, 5.74) is 5.82. The summed E-state index contributed by atoms with van der Waals surface area (Å²) in [6, 6.07) is 6.83. The monoisotopic (exact) mass is 242 g/mol. The second-order valence-corrected chi connectivity index (χ2v) is 3.12. The van der Waals surface area contributed by atoms with Gasteiger partial charge in [-0.05, 0) is 0 Å². The number of aromatic hydroxyl groups is 1. The average Bonchev–Trinajstić information content (AvgIpc) is 2.08. The van der Waals surface area contributed by atoms with Crippen LogP contribution in [0.4, 0.5) is 0 Å². The van der Waals surface area contributed by atoms with Crippen molar-refractivity contribution >= 4 is 27.0 Å². The van der Waals surface area contributed by atoms with Crippen molar-refractivity contribution in [3.63, 3.8) is 0 Å². The normalized spacial score (nSPS) is 12.2. The van der Waals surface area contributed by atoms with Crippen LogP contribution in [-0.2, 0) is 0 Å². The summed E-state index contributed by atoms with van der Waals surface area (Å²) in [6.45, 7) is 0. The summed E-state index contributed by atoms with van der Waals surface area (Å²) >= 11 is 2.49. The van der Waals surface area contributed by atoms with Crippen LogP contribution in [0.2, 0.25) is 0 Å². The Morgan fingerprint density at radius 2 is 2.15 bits per heavy atom. The predicted molar refractivity (Wildman–Crippen MR) is 53.1 cm³/mol. The van der Waals surface area contributed by atoms with Crippen LogP contribution in [0.1, 0.15) is 5.56 Å². The molecule has 1 rings (SSSR count). The van der Waals surface area contributed by atoms with Gasteiger partial charge < -0.3 is 0 Å². The topological polar surface area (TPSA) is 71.0 Å². The molecule has 1 radical (unpaired) electrons. The van der Waals surface area contributed by atoms with Crippen LogP contribution >= 0.6 is 0 Å². The summed E-state index contributed by atoms with van der Waals surface area (Å²) in [6.07, 6.45) is 1.43. The molecule has 0 heterocycles. The first-order chi connectivity index (χ1) is 6.20. The van der Waals surface area contributed by atoms with Crippen LogP contribution in [0.5, 0.6) is 5.75 Å². The maximum atomic E-state index is 9.30. The van der Waals surface area contributed by atoms with Crippen LogP contribution in [0, 0.1) is 0 Å². The van der Waals surface area contributed by atoms with Gasteiger partial charge in [-0.3, -0.25) is 0 Å². The van der Waals surface area contributed by atoms with Crippen molar-refractivity contribution in [2.45, 2.75) is 0 Å². The molecule has 0 amide bonds. The molecule has 0 aliphatic rings. The van der Waals surface area contributed by atoms with Crippen LogP contribution in [0.25, 0.3) is 0 Å². The van der Waals surface area contributed by atoms with Gasteiger partial charge in [-0.25, -0.2) is 0 Å². The van der Waals surface area contributed by atoms with Crippen molar-refractivity contribution in [1.82, 2.24) is 0 Å². The van der Waals surface area contributed by atoms with E-state index in [0.717, 1.165) is 0 Å².